The van der Waals surface area contributed by atoms with Gasteiger partial charge in [0.1, 0.15) is 0 Å². The lowest BCUT2D eigenvalue weighted by molar-refractivity contribution is 0.964. The Balaban J connectivity index is 2.85. The minimum absolute atomic E-state index is 0.649. The van der Waals surface area contributed by atoms with Crippen molar-refractivity contribution in [1.82, 2.24) is 9.78 Å². The van der Waals surface area contributed by atoms with Crippen LogP contribution < -0.4 is 0 Å². The Labute approximate surface area is 73.8 Å². The van der Waals surface area contributed by atoms with Crippen molar-refractivity contribution in [2.75, 3.05) is 0 Å². The number of nitrogens with zero attached hydrogens (tertiary/aromatic N) is 2. The first kappa shape index (κ1) is 8.10. The molecule has 0 atom stereocenters. The van der Waals surface area contributed by atoms with Gasteiger partial charge in [0.2, 0.25) is 0 Å². The molecule has 1 heterocycles. The van der Waals surface area contributed by atoms with Crippen LogP contribution in [-0.4, -0.2) is 14.1 Å². The summed E-state index contributed by atoms with van der Waals surface area (Å²) in [7, 11) is 1.22. The van der Waals surface area contributed by atoms with Crippen molar-refractivity contribution in [3.8, 4) is 0 Å². The Morgan fingerprint density at radius 2 is 2.60 bits per heavy atom. The van der Waals surface area contributed by atoms with Gasteiger partial charge >= 0.3 is 0 Å². The fourth-order valence-corrected chi connectivity index (χ4v) is 1.09. The summed E-state index contributed by atoms with van der Waals surface area (Å²) in [6, 6.07) is 0. The van der Waals surface area contributed by atoms with E-state index in [1.807, 2.05) is 13.1 Å². The van der Waals surface area contributed by atoms with Crippen LogP contribution in [0.1, 0.15) is 5.56 Å². The highest BCUT2D eigenvalue weighted by atomic mass is 33.1. The Morgan fingerprint density at radius 3 is 3.00 bits per heavy atom. The second-order valence-electron chi connectivity index (χ2n) is 1.82. The van der Waals surface area contributed by atoms with E-state index in [9.17, 15) is 0 Å². The van der Waals surface area contributed by atoms with Gasteiger partial charge in [-0.15, -0.1) is 11.7 Å². The maximum absolute atomic E-state index is 4.92. The molecule has 0 radical (unpaired) electrons. The molecule has 1 aromatic rings. The van der Waals surface area contributed by atoms with Crippen LogP contribution in [0.3, 0.4) is 0 Å². The average Bonchev–Trinajstić information content (AvgIpc) is 2.34. The van der Waals surface area contributed by atoms with Crippen molar-refractivity contribution in [3.63, 3.8) is 0 Å². The van der Waals surface area contributed by atoms with Crippen molar-refractivity contribution >= 4 is 39.0 Å². The molecule has 10 heavy (non-hydrogen) atoms. The van der Waals surface area contributed by atoms with Gasteiger partial charge in [-0.1, -0.05) is 0 Å². The van der Waals surface area contributed by atoms with Crippen LogP contribution in [0, 0.1) is 6.92 Å². The molecular formula is C5H6N2S3. The van der Waals surface area contributed by atoms with Crippen molar-refractivity contribution in [3.05, 3.63) is 18.0 Å². The van der Waals surface area contributed by atoms with E-state index in [-0.39, 0.29) is 0 Å². The zero-order valence-electron chi connectivity index (χ0n) is 5.31. The van der Waals surface area contributed by atoms with Gasteiger partial charge in [-0.2, -0.15) is 5.10 Å². The molecule has 1 rings (SSSR count). The van der Waals surface area contributed by atoms with E-state index >= 15 is 0 Å². The summed E-state index contributed by atoms with van der Waals surface area (Å²) in [5, 5.41) is 3.99. The maximum atomic E-state index is 4.92. The van der Waals surface area contributed by atoms with E-state index in [2.05, 4.69) is 16.8 Å². The molecule has 1 aromatic heterocycles. The molecule has 0 saturated carbocycles. The van der Waals surface area contributed by atoms with Crippen LogP contribution in [-0.2, 0) is 0 Å². The van der Waals surface area contributed by atoms with E-state index < -0.39 is 0 Å². The first-order chi connectivity index (χ1) is 4.74. The van der Waals surface area contributed by atoms with E-state index in [0.717, 1.165) is 5.56 Å². The number of thiocarbonyl (C=S) groups is 1. The molecule has 5 heteroatoms. The largest absolute Gasteiger partial charge is 0.222 e. The summed E-state index contributed by atoms with van der Waals surface area (Å²) in [5.41, 5.74) is 1.10. The molecule has 0 aliphatic carbocycles. The number of hydrogen-bond donors (Lipinski definition) is 1. The Kier molecular flexibility index (Phi) is 2.76. The monoisotopic (exact) mass is 190 g/mol. The van der Waals surface area contributed by atoms with Gasteiger partial charge in [-0.3, -0.25) is 0 Å². The third-order valence-electron chi connectivity index (χ3n) is 0.977. The van der Waals surface area contributed by atoms with Gasteiger partial charge < -0.3 is 0 Å². The van der Waals surface area contributed by atoms with Crippen LogP contribution in [0.15, 0.2) is 12.4 Å². The molecule has 54 valence electrons. The molecule has 0 amide bonds. The first-order valence-corrected chi connectivity index (χ1v) is 4.89. The van der Waals surface area contributed by atoms with Crippen LogP contribution >= 0.6 is 34.7 Å². The molecule has 0 fully saturated rings. The van der Waals surface area contributed by atoms with Gasteiger partial charge in [0.05, 0.1) is 6.20 Å². The maximum Gasteiger partial charge on any atom is 0.171 e. The number of thiol groups is 1. The molecular weight excluding hydrogens is 184 g/mol. The fraction of sp³-hybridized carbons (Fsp3) is 0.200. The van der Waals surface area contributed by atoms with E-state index in [1.54, 1.807) is 10.9 Å². The van der Waals surface area contributed by atoms with Crippen LogP contribution in [0.4, 0.5) is 0 Å². The van der Waals surface area contributed by atoms with E-state index in [1.165, 1.54) is 10.8 Å². The standard InChI is InChI=1S/C5H6N2S3/c1-4-2-6-7(3-4)5(8)10-9/h2-3,9H,1H3. The van der Waals surface area contributed by atoms with Crippen molar-refractivity contribution in [2.45, 2.75) is 6.92 Å². The molecule has 0 aliphatic rings. The quantitative estimate of drug-likeness (QED) is 0.383. The van der Waals surface area contributed by atoms with Gasteiger partial charge in [0.25, 0.3) is 0 Å². The van der Waals surface area contributed by atoms with Gasteiger partial charge in [0.15, 0.2) is 4.32 Å². The third kappa shape index (κ3) is 1.74. The number of rotatable bonds is 0. The zero-order valence-corrected chi connectivity index (χ0v) is 7.84. The second-order valence-corrected chi connectivity index (χ2v) is 3.58. The lowest BCUT2D eigenvalue weighted by Gasteiger charge is -1.94. The predicted octanol–water partition coefficient (Wildman–Crippen LogP) is 1.90. The highest BCUT2D eigenvalue weighted by Gasteiger charge is 1.97. The van der Waals surface area contributed by atoms with Gasteiger partial charge in [-0.05, 0) is 35.5 Å². The fourth-order valence-electron chi connectivity index (χ4n) is 0.554. The third-order valence-corrected chi connectivity index (χ3v) is 2.65. The number of aromatic nitrogens is 2. The summed E-state index contributed by atoms with van der Waals surface area (Å²) in [6.07, 6.45) is 3.63. The Morgan fingerprint density at radius 1 is 1.90 bits per heavy atom. The molecule has 0 aromatic carbocycles. The number of hydrogen-bond acceptors (Lipinski definition) is 4. The number of aryl methyl sites for hydroxylation is 1. The highest BCUT2D eigenvalue weighted by molar-refractivity contribution is 8.76. The average molecular weight is 190 g/mol. The Bertz CT molecular complexity index is 243. The molecule has 0 unspecified atom stereocenters. The lowest BCUT2D eigenvalue weighted by Crippen LogP contribution is -2.02. The normalized spacial score (nSPS) is 9.80. The summed E-state index contributed by atoms with van der Waals surface area (Å²) < 4.78 is 2.28. The van der Waals surface area contributed by atoms with Gasteiger partial charge in [-0.25, -0.2) is 4.68 Å². The smallest absolute Gasteiger partial charge is 0.171 e. The van der Waals surface area contributed by atoms with Crippen molar-refractivity contribution < 1.29 is 0 Å². The summed E-state index contributed by atoms with van der Waals surface area (Å²) in [5.74, 6) is 0. The molecule has 0 spiro atoms. The molecule has 0 bridgehead atoms. The zero-order chi connectivity index (χ0) is 7.56. The summed E-state index contributed by atoms with van der Waals surface area (Å²) in [6.45, 7) is 1.97. The minimum atomic E-state index is 0.649. The minimum Gasteiger partial charge on any atom is -0.222 e. The molecule has 0 N–H and O–H groups in total. The SMILES string of the molecule is Cc1cnn(C(=S)SS)c1. The highest BCUT2D eigenvalue weighted by Crippen LogP contribution is 2.10. The van der Waals surface area contributed by atoms with Crippen LogP contribution in [0.2, 0.25) is 0 Å². The lowest BCUT2D eigenvalue weighted by atomic mass is 10.4. The van der Waals surface area contributed by atoms with E-state index in [4.69, 9.17) is 12.2 Å². The Hall–Kier alpha value is -0.000000000000000111. The summed E-state index contributed by atoms with van der Waals surface area (Å²) in [4.78, 5) is 0. The predicted molar refractivity (Wildman–Crippen MR) is 51.5 cm³/mol. The van der Waals surface area contributed by atoms with Gasteiger partial charge in [0, 0.05) is 6.20 Å². The topological polar surface area (TPSA) is 17.8 Å². The first-order valence-electron chi connectivity index (χ1n) is 2.61. The molecule has 2 nitrogen and oxygen atoms in total. The van der Waals surface area contributed by atoms with Crippen molar-refractivity contribution in [2.24, 2.45) is 0 Å². The van der Waals surface area contributed by atoms with Crippen LogP contribution in [0.25, 0.3) is 0 Å². The van der Waals surface area contributed by atoms with Crippen LogP contribution in [0.5, 0.6) is 0 Å². The second kappa shape index (κ2) is 3.41. The molecule has 0 saturated heterocycles. The van der Waals surface area contributed by atoms with Crippen molar-refractivity contribution in [1.29, 1.82) is 0 Å². The molecule has 0 aliphatic heterocycles. The van der Waals surface area contributed by atoms with E-state index in [0.29, 0.717) is 4.32 Å². The summed E-state index contributed by atoms with van der Waals surface area (Å²) >= 11 is 8.87.